The summed E-state index contributed by atoms with van der Waals surface area (Å²) in [5, 5.41) is 8.76. The van der Waals surface area contributed by atoms with Crippen LogP contribution < -0.4 is 48.1 Å². The summed E-state index contributed by atoms with van der Waals surface area (Å²) in [5.41, 5.74) is 8.09. The molecule has 3 heteroatoms. The van der Waals surface area contributed by atoms with E-state index in [1.165, 1.54) is 54.9 Å². The summed E-state index contributed by atoms with van der Waals surface area (Å²) in [4.78, 5) is 0. The van der Waals surface area contributed by atoms with Gasteiger partial charge >= 0.3 is 37.7 Å². The molecule has 0 bridgehead atoms. The molecule has 0 nitrogen and oxygen atoms in total. The first-order valence-corrected chi connectivity index (χ1v) is 15.5. The maximum Gasteiger partial charge on any atom is 1.00 e. The predicted molar refractivity (Wildman–Crippen MR) is 156 cm³/mol. The van der Waals surface area contributed by atoms with E-state index < -0.39 is 8.07 Å². The maximum atomic E-state index is 2.54. The van der Waals surface area contributed by atoms with Crippen molar-refractivity contribution in [3.8, 4) is 22.3 Å². The molecule has 0 unspecified atom stereocenters. The van der Waals surface area contributed by atoms with Gasteiger partial charge in [-0.2, -0.15) is 55.2 Å². The van der Waals surface area contributed by atoms with Gasteiger partial charge in [0, 0.05) is 0 Å². The minimum atomic E-state index is -2.02. The Morgan fingerprint density at radius 1 is 0.459 bits per heavy atom. The van der Waals surface area contributed by atoms with E-state index in [0.29, 0.717) is 0 Å². The molecule has 0 spiro atoms. The number of fused-ring (bicyclic) bond motifs is 2. The summed E-state index contributed by atoms with van der Waals surface area (Å²) in [6.07, 6.45) is 0. The average Bonchev–Trinajstić information content (AvgIpc) is 3.41. The van der Waals surface area contributed by atoms with Crippen LogP contribution in [0.3, 0.4) is 0 Å². The molecule has 0 fully saturated rings. The second kappa shape index (κ2) is 10.7. The molecule has 0 aliphatic heterocycles. The average molecular weight is 481 g/mol. The summed E-state index contributed by atoms with van der Waals surface area (Å²) in [5.74, 6) is 0. The smallest absolute Gasteiger partial charge is 0.173 e. The molecular formula is C34H30Li2Si. The van der Waals surface area contributed by atoms with E-state index in [1.54, 1.807) is 10.4 Å². The number of hydrogen-bond acceptors (Lipinski definition) is 0. The van der Waals surface area contributed by atoms with E-state index in [9.17, 15) is 0 Å². The van der Waals surface area contributed by atoms with Crippen molar-refractivity contribution in [2.24, 2.45) is 0 Å². The monoisotopic (exact) mass is 480 g/mol. The zero-order valence-corrected chi connectivity index (χ0v) is 23.9. The van der Waals surface area contributed by atoms with Crippen molar-refractivity contribution in [3.05, 3.63) is 120 Å². The van der Waals surface area contributed by atoms with Gasteiger partial charge in [-0.05, 0) is 11.1 Å². The Labute approximate surface area is 245 Å². The van der Waals surface area contributed by atoms with Crippen LogP contribution in [-0.2, 0) is 0 Å². The van der Waals surface area contributed by atoms with E-state index in [0.717, 1.165) is 0 Å². The fourth-order valence-electron chi connectivity index (χ4n) is 6.40. The zero-order valence-electron chi connectivity index (χ0n) is 22.9. The molecule has 0 saturated heterocycles. The molecule has 0 aromatic heterocycles. The van der Waals surface area contributed by atoms with Crippen LogP contribution >= 0.6 is 0 Å². The predicted octanol–water partition coefficient (Wildman–Crippen LogP) is 2.21. The Morgan fingerprint density at radius 3 is 1.22 bits per heavy atom. The second-order valence-electron chi connectivity index (χ2n) is 10.3. The van der Waals surface area contributed by atoms with Gasteiger partial charge in [0.25, 0.3) is 0 Å². The molecule has 0 aliphatic rings. The van der Waals surface area contributed by atoms with Crippen LogP contribution in [0.2, 0.25) is 13.1 Å². The SMILES string of the molecule is C[c-]1cc2c(-c3ccccc3)cccc2c1[Si](C)(C)c1c2cccc(-c3ccccc3)c2c[c-]1C.[Li+].[Li+]. The van der Waals surface area contributed by atoms with Crippen LogP contribution in [0.1, 0.15) is 11.1 Å². The summed E-state index contributed by atoms with van der Waals surface area (Å²) in [6.45, 7) is 9.71. The standard InChI is InChI=1S/C34H30Si.2Li/c1-23-21-31-27(25-13-7-5-8-14-25)17-11-19-29(31)33(23)35(3,4)34-24(2)22-32-28(18-12-20-30(32)34)26-15-9-6-10-16-26;;/h5-22H,1-4H3;;/q-2;2*+1. The molecule has 0 heterocycles. The molecule has 0 saturated carbocycles. The van der Waals surface area contributed by atoms with Gasteiger partial charge in [0.05, 0.1) is 8.07 Å². The summed E-state index contributed by atoms with van der Waals surface area (Å²) in [6, 6.07) is 40.2. The van der Waals surface area contributed by atoms with Gasteiger partial charge in [0.1, 0.15) is 0 Å². The third-order valence-corrected chi connectivity index (χ3v) is 11.5. The van der Waals surface area contributed by atoms with Gasteiger partial charge < -0.3 is 0 Å². The van der Waals surface area contributed by atoms with Crippen LogP contribution in [0.5, 0.6) is 0 Å². The molecule has 0 N–H and O–H groups in total. The fourth-order valence-corrected chi connectivity index (χ4v) is 10.6. The number of rotatable bonds is 4. The van der Waals surface area contributed by atoms with Gasteiger partial charge in [-0.25, -0.2) is 0 Å². The molecule has 0 amide bonds. The third kappa shape index (κ3) is 4.55. The molecule has 0 atom stereocenters. The van der Waals surface area contributed by atoms with Crippen LogP contribution in [0.25, 0.3) is 43.8 Å². The molecule has 172 valence electrons. The van der Waals surface area contributed by atoms with Gasteiger partial charge in [0.15, 0.2) is 0 Å². The minimum absolute atomic E-state index is 0. The largest absolute Gasteiger partial charge is 1.00 e. The van der Waals surface area contributed by atoms with Crippen LogP contribution in [0.4, 0.5) is 0 Å². The van der Waals surface area contributed by atoms with E-state index in [-0.39, 0.29) is 37.7 Å². The Hall–Kier alpha value is -2.49. The molecule has 6 aromatic carbocycles. The van der Waals surface area contributed by atoms with Gasteiger partial charge in [-0.3, -0.25) is 0 Å². The summed E-state index contributed by atoms with van der Waals surface area (Å²) < 4.78 is 0. The summed E-state index contributed by atoms with van der Waals surface area (Å²) in [7, 11) is -2.02. The molecular weight excluding hydrogens is 450 g/mol. The van der Waals surface area contributed by atoms with Crippen molar-refractivity contribution >= 4 is 40.0 Å². The van der Waals surface area contributed by atoms with Crippen molar-refractivity contribution in [1.82, 2.24) is 0 Å². The van der Waals surface area contributed by atoms with Crippen molar-refractivity contribution in [2.45, 2.75) is 26.9 Å². The molecule has 0 aliphatic carbocycles. The second-order valence-corrected chi connectivity index (χ2v) is 14.5. The molecule has 37 heavy (non-hydrogen) atoms. The first kappa shape index (κ1) is 27.5. The van der Waals surface area contributed by atoms with Gasteiger partial charge in [0.2, 0.25) is 0 Å². The number of aryl methyl sites for hydroxylation is 2. The van der Waals surface area contributed by atoms with Crippen molar-refractivity contribution in [3.63, 3.8) is 0 Å². The Bertz CT molecular complexity index is 1550. The van der Waals surface area contributed by atoms with E-state index >= 15 is 0 Å². The summed E-state index contributed by atoms with van der Waals surface area (Å²) >= 11 is 0. The topological polar surface area (TPSA) is 0 Å². The normalized spacial score (nSPS) is 11.4. The third-order valence-electron chi connectivity index (χ3n) is 7.68. The van der Waals surface area contributed by atoms with Crippen molar-refractivity contribution in [2.75, 3.05) is 0 Å². The van der Waals surface area contributed by atoms with E-state index in [2.05, 4.69) is 136 Å². The Morgan fingerprint density at radius 2 is 0.838 bits per heavy atom. The minimum Gasteiger partial charge on any atom is -0.173 e. The quantitative estimate of drug-likeness (QED) is 0.268. The Balaban J connectivity index is 0.00000160. The number of hydrogen-bond donors (Lipinski definition) is 0. The van der Waals surface area contributed by atoms with Gasteiger partial charge in [-0.15, -0.1) is 12.1 Å². The van der Waals surface area contributed by atoms with E-state index in [4.69, 9.17) is 0 Å². The molecule has 0 radical (unpaired) electrons. The molecule has 6 aromatic rings. The first-order chi connectivity index (χ1) is 17.0. The van der Waals surface area contributed by atoms with E-state index in [1.807, 2.05) is 0 Å². The fraction of sp³-hybridized carbons (Fsp3) is 0.118. The maximum absolute atomic E-state index is 2.54. The van der Waals surface area contributed by atoms with Crippen molar-refractivity contribution < 1.29 is 37.7 Å². The van der Waals surface area contributed by atoms with Crippen LogP contribution in [0, 0.1) is 13.8 Å². The first-order valence-electron chi connectivity index (χ1n) is 12.5. The molecule has 6 rings (SSSR count). The van der Waals surface area contributed by atoms with Gasteiger partial charge in [-0.1, -0.05) is 123 Å². The Kier molecular flexibility index (Phi) is 7.97. The van der Waals surface area contributed by atoms with Crippen LogP contribution in [-0.4, -0.2) is 8.07 Å². The number of benzene rings is 4. The zero-order chi connectivity index (χ0) is 24.2. The van der Waals surface area contributed by atoms with Crippen LogP contribution in [0.15, 0.2) is 109 Å². The van der Waals surface area contributed by atoms with Crippen molar-refractivity contribution in [1.29, 1.82) is 0 Å².